The number of nitrogens with zero attached hydrogens (tertiary/aromatic N) is 3. The molecule has 0 bridgehead atoms. The lowest BCUT2D eigenvalue weighted by molar-refractivity contribution is -0.155. The van der Waals surface area contributed by atoms with Crippen LogP contribution in [0, 0.1) is 35.5 Å². The number of hydrogen-bond acceptors (Lipinski definition) is 19. The largest absolute Gasteiger partial charge is 0.508 e. The maximum Gasteiger partial charge on any atom is 0.255 e. The number of aromatic hydroxyl groups is 2. The second-order valence-corrected chi connectivity index (χ2v) is 24.0. The molecule has 440 valence electrons. The number of nitrogens with two attached hydrogens (primary N) is 2. The summed E-state index contributed by atoms with van der Waals surface area (Å²) in [6, 6.07) is 4.37. The highest BCUT2D eigenvalue weighted by Gasteiger charge is 2.66. The number of primary amides is 2. The van der Waals surface area contributed by atoms with Gasteiger partial charge in [-0.05, 0) is 142 Å². The van der Waals surface area contributed by atoms with Crippen LogP contribution in [0.15, 0.2) is 70.2 Å². The second kappa shape index (κ2) is 23.2. The van der Waals surface area contributed by atoms with Crippen LogP contribution in [0.3, 0.4) is 0 Å². The predicted molar refractivity (Wildman–Crippen MR) is 303 cm³/mol. The molecule has 2 aromatic rings. The minimum atomic E-state index is -2.64. The van der Waals surface area contributed by atoms with Gasteiger partial charge in [0.1, 0.15) is 52.0 Å². The number of aliphatic hydroxyl groups excluding tert-OH is 4. The molecule has 2 amide bonds. The summed E-state index contributed by atoms with van der Waals surface area (Å²) in [6.45, 7) is 12.5. The number of carbonyl (C=O) groups is 7. The number of rotatable bonds is 10. The summed E-state index contributed by atoms with van der Waals surface area (Å²) in [7, 11) is 6.32. The molecular weight excluding hydrogens is 1060 g/mol. The van der Waals surface area contributed by atoms with Crippen LogP contribution in [0.2, 0.25) is 0 Å². The predicted octanol–water partition coefficient (Wildman–Crippen LogP) is 3.28. The van der Waals surface area contributed by atoms with Gasteiger partial charge >= 0.3 is 0 Å². The number of hydrogen-bond donors (Lipinski definition) is 11. The van der Waals surface area contributed by atoms with E-state index in [4.69, 9.17) is 11.5 Å². The average Bonchev–Trinajstić information content (AvgIpc) is 3.43. The maximum atomic E-state index is 14.0. The number of aldehydes is 1. The van der Waals surface area contributed by atoms with Crippen molar-refractivity contribution in [3.8, 4) is 11.5 Å². The zero-order valence-corrected chi connectivity index (χ0v) is 47.6. The normalized spacial score (nSPS) is 28.0. The number of amides is 2. The fourth-order valence-electron chi connectivity index (χ4n) is 13.8. The van der Waals surface area contributed by atoms with Gasteiger partial charge in [0.05, 0.1) is 23.2 Å². The Kier molecular flexibility index (Phi) is 17.2. The Labute approximate surface area is 475 Å². The molecule has 10 rings (SSSR count). The first-order valence-corrected chi connectivity index (χ1v) is 27.8. The molecule has 13 N–H and O–H groups in total. The Balaban J connectivity index is 0.000000196. The van der Waals surface area contributed by atoms with Crippen molar-refractivity contribution < 1.29 is 74.4 Å². The van der Waals surface area contributed by atoms with Crippen molar-refractivity contribution in [1.82, 2.24) is 20.0 Å². The third kappa shape index (κ3) is 10.2. The van der Waals surface area contributed by atoms with Crippen LogP contribution < -0.4 is 16.8 Å². The fourth-order valence-corrected chi connectivity index (χ4v) is 13.8. The van der Waals surface area contributed by atoms with Gasteiger partial charge in [0.25, 0.3) is 11.8 Å². The summed E-state index contributed by atoms with van der Waals surface area (Å²) in [5, 5.41) is 92.7. The Morgan fingerprint density at radius 3 is 1.45 bits per heavy atom. The van der Waals surface area contributed by atoms with Gasteiger partial charge in [-0.2, -0.15) is 0 Å². The average molecular weight is 1130 g/mol. The van der Waals surface area contributed by atoms with Crippen LogP contribution in [-0.4, -0.2) is 181 Å². The number of carbonyl (C=O) groups excluding carboxylic acids is 7. The molecule has 21 heteroatoms. The molecule has 2 saturated carbocycles. The summed E-state index contributed by atoms with van der Waals surface area (Å²) in [5.41, 5.74) is 9.07. The van der Waals surface area contributed by atoms with Gasteiger partial charge in [-0.25, -0.2) is 0 Å². The summed E-state index contributed by atoms with van der Waals surface area (Å²) in [5.74, 6) is -11.8. The van der Waals surface area contributed by atoms with E-state index in [0.717, 1.165) is 67.6 Å². The van der Waals surface area contributed by atoms with Gasteiger partial charge in [-0.15, -0.1) is 0 Å². The van der Waals surface area contributed by atoms with Crippen LogP contribution in [0.5, 0.6) is 11.5 Å². The molecule has 0 radical (unpaired) electrons. The van der Waals surface area contributed by atoms with Crippen molar-refractivity contribution in [2.75, 3.05) is 60.9 Å². The lowest BCUT2D eigenvalue weighted by Gasteiger charge is -2.50. The number of ketones is 4. The minimum absolute atomic E-state index is 0.0709. The van der Waals surface area contributed by atoms with Gasteiger partial charge in [0.2, 0.25) is 11.6 Å². The molecule has 2 aliphatic heterocycles. The van der Waals surface area contributed by atoms with E-state index in [2.05, 4.69) is 30.1 Å². The monoisotopic (exact) mass is 1130 g/mol. The summed E-state index contributed by atoms with van der Waals surface area (Å²) >= 11 is 0. The van der Waals surface area contributed by atoms with Crippen LogP contribution in [0.1, 0.15) is 93.2 Å². The first kappa shape index (κ1) is 60.8. The Bertz CT molecular complexity index is 3250. The van der Waals surface area contributed by atoms with E-state index in [1.807, 2.05) is 26.0 Å². The first-order chi connectivity index (χ1) is 38.5. The molecule has 0 unspecified atom stereocenters. The van der Waals surface area contributed by atoms with E-state index in [1.54, 1.807) is 34.3 Å². The molecule has 0 saturated heterocycles. The maximum absolute atomic E-state index is 14.0. The number of fused-ring (bicyclic) bond motifs is 6. The van der Waals surface area contributed by atoms with Crippen molar-refractivity contribution >= 4 is 63.9 Å². The minimum Gasteiger partial charge on any atom is -0.508 e. The number of Topliss-reactive ketones (excluding diaryl/α,β-unsaturated/α-hetero) is 4. The molecule has 2 heterocycles. The van der Waals surface area contributed by atoms with Crippen LogP contribution >= 0.6 is 0 Å². The third-order valence-electron chi connectivity index (χ3n) is 17.4. The molecule has 21 nitrogen and oxygen atoms in total. The zero-order valence-electron chi connectivity index (χ0n) is 47.6. The summed E-state index contributed by atoms with van der Waals surface area (Å²) < 4.78 is 0. The van der Waals surface area contributed by atoms with E-state index >= 15 is 0 Å². The van der Waals surface area contributed by atoms with Crippen molar-refractivity contribution in [2.24, 2.45) is 47.0 Å². The van der Waals surface area contributed by atoms with Gasteiger partial charge in [-0.3, -0.25) is 43.5 Å². The molecule has 8 atom stereocenters. The van der Waals surface area contributed by atoms with E-state index < -0.39 is 116 Å². The second-order valence-electron chi connectivity index (χ2n) is 24.0. The molecule has 82 heavy (non-hydrogen) atoms. The zero-order chi connectivity index (χ0) is 60.3. The highest BCUT2D eigenvalue weighted by atomic mass is 16.4. The highest BCUT2D eigenvalue weighted by Crippen LogP contribution is 2.56. The van der Waals surface area contributed by atoms with Crippen LogP contribution in [-0.2, 0) is 46.4 Å². The number of phenols is 2. The van der Waals surface area contributed by atoms with Crippen LogP contribution in [0.4, 0.5) is 0 Å². The summed E-state index contributed by atoms with van der Waals surface area (Å²) in [4.78, 5) is 93.4. The molecule has 2 fully saturated rings. The molecule has 6 aliphatic carbocycles. The number of likely N-dealkylation sites (N-methyl/N-ethyl adjacent to an activating group) is 2. The van der Waals surface area contributed by atoms with E-state index in [1.165, 1.54) is 21.9 Å². The van der Waals surface area contributed by atoms with Gasteiger partial charge in [0.15, 0.2) is 22.8 Å². The summed E-state index contributed by atoms with van der Waals surface area (Å²) in [6.07, 6.45) is 8.11. The quantitative estimate of drug-likeness (QED) is 0.120. The van der Waals surface area contributed by atoms with Crippen molar-refractivity contribution in [2.45, 2.75) is 95.9 Å². The smallest absolute Gasteiger partial charge is 0.255 e. The van der Waals surface area contributed by atoms with E-state index in [9.17, 15) is 74.4 Å². The highest BCUT2D eigenvalue weighted by molar-refractivity contribution is 6.25. The number of phenolic OH excluding ortho intramolecular Hbond substituents is 2. The first-order valence-electron chi connectivity index (χ1n) is 27.8. The number of nitrogens with one attached hydrogen (secondary N) is 1. The van der Waals surface area contributed by atoms with Crippen molar-refractivity contribution in [3.05, 3.63) is 104 Å². The lowest BCUT2D eigenvalue weighted by atomic mass is 9.57. The Hall–Kier alpha value is -7.27. The Morgan fingerprint density at radius 1 is 0.683 bits per heavy atom. The third-order valence-corrected chi connectivity index (χ3v) is 17.4. The number of benzene rings is 2. The van der Waals surface area contributed by atoms with Gasteiger partial charge < -0.3 is 62.4 Å². The van der Waals surface area contributed by atoms with E-state index in [-0.39, 0.29) is 59.5 Å². The number of aliphatic hydroxyl groups is 6. The molecule has 8 aliphatic rings. The Morgan fingerprint density at radius 2 is 1.12 bits per heavy atom. The fraction of sp³-hybridized carbons (Fsp3) is 0.492. The van der Waals surface area contributed by atoms with Crippen molar-refractivity contribution in [1.29, 1.82) is 0 Å². The topological polar surface area (TPSA) is 355 Å². The van der Waals surface area contributed by atoms with Gasteiger partial charge in [0, 0.05) is 55.6 Å². The standard InChI is InChI=1S/C30H37N3O7.C26H29N3O7.C5H10O/c1-14(2)13-33-9-7-15(8-10-33)17-5-6-20(34)22-18(17)11-16-12-19-24(32(3)4)26(36)23(29(31)39)28(38)30(19,40)27(37)21(16)25(22)35;1-29(2)20-15-10-12-9-14-13(11-5-7-28-8-6-11)3-4-16(30)18(14)21(31)17(12)23(33)26(15,36)24(34)19(22(20)32)25(27)35;1-5(2)3-4-6/h5-7,14,16,19,24,34-35,38,40H,8-13H2,1-4H3,(H2,31,39);3-5,12,15,20,28,30-31,34,36H,6-10H2,1-2H3,(H2,27,35);4-5H,3H2,1-2H3/t16-,19-,24-,30-;12-,15-,20-,26-;/m00./s1. The SMILES string of the molecule is CC(C)CC=O.CC(C)CN1CC=C(c2ccc(O)c3c2C[C@H]2C[C@H]4[C@H](N(C)C)C(=O)C(C(N)=O)=C(O)[C@@]4(O)C(=O)C2=C3O)CC1.CN(C)[C@@H]1C(=O)C(C(N)=O)=C(O)[C@@]2(O)C(=O)C3=C(O)c4c(O)ccc(C5=CCNCC5)c4C[C@H]3C[C@@H]12. The van der Waals surface area contributed by atoms with E-state index in [0.29, 0.717) is 35.9 Å². The molecule has 0 aromatic heterocycles. The van der Waals surface area contributed by atoms with Gasteiger partial charge in [-0.1, -0.05) is 52.0 Å². The lowest BCUT2D eigenvalue weighted by Crippen LogP contribution is -2.65. The van der Waals surface area contributed by atoms with Crippen LogP contribution in [0.25, 0.3) is 22.7 Å². The molecule has 2 aromatic carbocycles. The molecular formula is C61H76N6O15. The molecule has 0 spiro atoms. The van der Waals surface area contributed by atoms with Crippen molar-refractivity contribution in [3.63, 3.8) is 0 Å².